The van der Waals surface area contributed by atoms with Crippen molar-refractivity contribution in [1.29, 1.82) is 0 Å². The second-order valence-electron chi connectivity index (χ2n) is 5.99. The van der Waals surface area contributed by atoms with Crippen LogP contribution in [0, 0.1) is 12.8 Å². The van der Waals surface area contributed by atoms with E-state index in [2.05, 4.69) is 48.3 Å². The molecule has 2 atom stereocenters. The first-order chi connectivity index (χ1) is 9.10. The number of rotatable bonds is 5. The van der Waals surface area contributed by atoms with Gasteiger partial charge in [-0.05, 0) is 19.3 Å². The number of thiazole rings is 1. The van der Waals surface area contributed by atoms with Gasteiger partial charge in [0, 0.05) is 37.1 Å². The van der Waals surface area contributed by atoms with Crippen LogP contribution in [0.4, 0.5) is 0 Å². The van der Waals surface area contributed by atoms with Crippen molar-refractivity contribution < 1.29 is 0 Å². The zero-order chi connectivity index (χ0) is 13.8. The number of nitrogens with one attached hydrogen (secondary N) is 1. The van der Waals surface area contributed by atoms with Gasteiger partial charge in [-0.3, -0.25) is 4.90 Å². The normalized spacial score (nSPS) is 25.1. The fourth-order valence-electron chi connectivity index (χ4n) is 2.83. The van der Waals surface area contributed by atoms with Crippen LogP contribution in [0.15, 0.2) is 5.38 Å². The summed E-state index contributed by atoms with van der Waals surface area (Å²) in [6.45, 7) is 12.3. The number of nitrogens with zero attached hydrogens (tertiary/aromatic N) is 2. The van der Waals surface area contributed by atoms with E-state index >= 15 is 0 Å². The third-order valence-electron chi connectivity index (χ3n) is 4.02. The minimum absolute atomic E-state index is 0.618. The molecule has 1 saturated heterocycles. The third kappa shape index (κ3) is 4.01. The van der Waals surface area contributed by atoms with Gasteiger partial charge in [0.2, 0.25) is 0 Å². The van der Waals surface area contributed by atoms with Gasteiger partial charge < -0.3 is 5.32 Å². The Morgan fingerprint density at radius 3 is 2.89 bits per heavy atom. The van der Waals surface area contributed by atoms with Crippen LogP contribution in [0.1, 0.15) is 44.3 Å². The lowest BCUT2D eigenvalue weighted by Crippen LogP contribution is -2.57. The van der Waals surface area contributed by atoms with E-state index in [4.69, 9.17) is 0 Å². The van der Waals surface area contributed by atoms with Gasteiger partial charge in [-0.15, -0.1) is 11.3 Å². The highest BCUT2D eigenvalue weighted by molar-refractivity contribution is 7.09. The predicted octanol–water partition coefficient (Wildman–Crippen LogP) is 3.05. The van der Waals surface area contributed by atoms with Gasteiger partial charge in [-0.1, -0.05) is 27.2 Å². The Bertz CT molecular complexity index is 388. The fraction of sp³-hybridized carbons (Fsp3) is 0.800. The van der Waals surface area contributed by atoms with Crippen LogP contribution in [-0.2, 0) is 6.54 Å². The monoisotopic (exact) mass is 281 g/mol. The fourth-order valence-corrected chi connectivity index (χ4v) is 3.43. The Hall–Kier alpha value is -0.450. The molecule has 2 unspecified atom stereocenters. The number of piperazine rings is 1. The Labute approximate surface area is 121 Å². The summed E-state index contributed by atoms with van der Waals surface area (Å²) in [7, 11) is 0. The Morgan fingerprint density at radius 2 is 2.32 bits per heavy atom. The molecule has 0 spiro atoms. The molecule has 3 nitrogen and oxygen atoms in total. The summed E-state index contributed by atoms with van der Waals surface area (Å²) >= 11 is 1.76. The van der Waals surface area contributed by atoms with Crippen LogP contribution in [0.25, 0.3) is 0 Å². The molecule has 4 heteroatoms. The molecule has 2 rings (SSSR count). The lowest BCUT2D eigenvalue weighted by molar-refractivity contribution is 0.0986. The molecule has 0 amide bonds. The summed E-state index contributed by atoms with van der Waals surface area (Å²) in [6, 6.07) is 1.29. The van der Waals surface area contributed by atoms with Crippen molar-refractivity contribution in [3.8, 4) is 0 Å². The third-order valence-corrected chi connectivity index (χ3v) is 4.84. The quantitative estimate of drug-likeness (QED) is 0.899. The number of hydrogen-bond acceptors (Lipinski definition) is 4. The molecule has 1 aromatic heterocycles. The molecular weight excluding hydrogens is 254 g/mol. The highest BCUT2D eigenvalue weighted by Gasteiger charge is 2.29. The van der Waals surface area contributed by atoms with Crippen molar-refractivity contribution in [3.05, 3.63) is 16.1 Å². The van der Waals surface area contributed by atoms with Crippen molar-refractivity contribution in [3.63, 3.8) is 0 Å². The van der Waals surface area contributed by atoms with Gasteiger partial charge in [0.1, 0.15) is 0 Å². The topological polar surface area (TPSA) is 28.2 Å². The standard InChI is InChI=1S/C15H27N3S/c1-5-6-14-7-16-15(11(2)3)9-18(14)8-13-10-19-12(4)17-13/h10-11,14-16H,5-9H2,1-4H3. The zero-order valence-electron chi connectivity index (χ0n) is 12.6. The molecule has 0 aliphatic carbocycles. The van der Waals surface area contributed by atoms with E-state index in [0.29, 0.717) is 18.0 Å². The summed E-state index contributed by atoms with van der Waals surface area (Å²) in [5, 5.41) is 7.11. The Balaban J connectivity index is 2.02. The molecule has 1 aliphatic heterocycles. The Kier molecular flexibility index (Phi) is 5.37. The zero-order valence-corrected chi connectivity index (χ0v) is 13.5. The molecule has 1 aromatic rings. The molecule has 0 bridgehead atoms. The number of aromatic nitrogens is 1. The first-order valence-electron chi connectivity index (χ1n) is 7.48. The molecule has 1 N–H and O–H groups in total. The van der Waals surface area contributed by atoms with E-state index in [-0.39, 0.29) is 0 Å². The maximum Gasteiger partial charge on any atom is 0.0897 e. The van der Waals surface area contributed by atoms with Crippen LogP contribution in [0.2, 0.25) is 0 Å². The van der Waals surface area contributed by atoms with E-state index in [0.717, 1.165) is 19.6 Å². The number of aryl methyl sites for hydroxylation is 1. The van der Waals surface area contributed by atoms with Gasteiger partial charge >= 0.3 is 0 Å². The van der Waals surface area contributed by atoms with Gasteiger partial charge in [-0.25, -0.2) is 4.98 Å². The van der Waals surface area contributed by atoms with Crippen molar-refractivity contribution in [2.24, 2.45) is 5.92 Å². The molecule has 108 valence electrons. The highest BCUT2D eigenvalue weighted by Crippen LogP contribution is 2.19. The lowest BCUT2D eigenvalue weighted by Gasteiger charge is -2.41. The molecule has 0 aromatic carbocycles. The van der Waals surface area contributed by atoms with Crippen molar-refractivity contribution in [2.75, 3.05) is 13.1 Å². The summed E-state index contributed by atoms with van der Waals surface area (Å²) in [5.74, 6) is 0.697. The maximum atomic E-state index is 4.63. The molecule has 1 aliphatic rings. The van der Waals surface area contributed by atoms with Gasteiger partial charge in [-0.2, -0.15) is 0 Å². The van der Waals surface area contributed by atoms with Crippen LogP contribution >= 0.6 is 11.3 Å². The first kappa shape index (κ1) is 14.9. The SMILES string of the molecule is CCCC1CNC(C(C)C)CN1Cc1csc(C)n1. The average molecular weight is 281 g/mol. The summed E-state index contributed by atoms with van der Waals surface area (Å²) in [6.07, 6.45) is 2.53. The van der Waals surface area contributed by atoms with E-state index < -0.39 is 0 Å². The minimum Gasteiger partial charge on any atom is -0.311 e. The van der Waals surface area contributed by atoms with Crippen molar-refractivity contribution >= 4 is 11.3 Å². The van der Waals surface area contributed by atoms with E-state index in [1.807, 2.05) is 0 Å². The number of hydrogen-bond donors (Lipinski definition) is 1. The molecule has 0 saturated carbocycles. The van der Waals surface area contributed by atoms with Gasteiger partial charge in [0.25, 0.3) is 0 Å². The molecule has 0 radical (unpaired) electrons. The Morgan fingerprint density at radius 1 is 1.53 bits per heavy atom. The molecule has 1 fully saturated rings. The average Bonchev–Trinajstić information content (AvgIpc) is 2.77. The first-order valence-corrected chi connectivity index (χ1v) is 8.36. The van der Waals surface area contributed by atoms with Gasteiger partial charge in [0.05, 0.1) is 10.7 Å². The van der Waals surface area contributed by atoms with Crippen LogP contribution in [0.5, 0.6) is 0 Å². The van der Waals surface area contributed by atoms with Crippen LogP contribution < -0.4 is 5.32 Å². The van der Waals surface area contributed by atoms with Crippen molar-refractivity contribution in [2.45, 2.75) is 59.2 Å². The smallest absolute Gasteiger partial charge is 0.0897 e. The predicted molar refractivity (Wildman–Crippen MR) is 82.6 cm³/mol. The van der Waals surface area contributed by atoms with Crippen molar-refractivity contribution in [1.82, 2.24) is 15.2 Å². The lowest BCUT2D eigenvalue weighted by atomic mass is 9.97. The highest BCUT2D eigenvalue weighted by atomic mass is 32.1. The second kappa shape index (κ2) is 6.82. The van der Waals surface area contributed by atoms with E-state index in [1.54, 1.807) is 11.3 Å². The summed E-state index contributed by atoms with van der Waals surface area (Å²) in [4.78, 5) is 7.26. The largest absolute Gasteiger partial charge is 0.311 e. The van der Waals surface area contributed by atoms with Crippen LogP contribution in [0.3, 0.4) is 0 Å². The van der Waals surface area contributed by atoms with Gasteiger partial charge in [0.15, 0.2) is 0 Å². The van der Waals surface area contributed by atoms with Crippen LogP contribution in [-0.4, -0.2) is 35.1 Å². The molecular formula is C15H27N3S. The molecule has 2 heterocycles. The second-order valence-corrected chi connectivity index (χ2v) is 7.05. The molecule has 19 heavy (non-hydrogen) atoms. The minimum atomic E-state index is 0.618. The summed E-state index contributed by atoms with van der Waals surface area (Å²) in [5.41, 5.74) is 1.24. The van der Waals surface area contributed by atoms with E-state index in [1.165, 1.54) is 23.5 Å². The maximum absolute atomic E-state index is 4.63. The van der Waals surface area contributed by atoms with E-state index in [9.17, 15) is 0 Å². The summed E-state index contributed by atoms with van der Waals surface area (Å²) < 4.78 is 0.